The highest BCUT2D eigenvalue weighted by atomic mass is 16.5. The zero-order valence-electron chi connectivity index (χ0n) is 12.5. The lowest BCUT2D eigenvalue weighted by molar-refractivity contribution is 0.302. The van der Waals surface area contributed by atoms with Crippen LogP contribution < -0.4 is 4.74 Å². The van der Waals surface area contributed by atoms with Crippen LogP contribution in [-0.4, -0.2) is 0 Å². The minimum absolute atomic E-state index is 0.641. The molecule has 0 unspecified atom stereocenters. The van der Waals surface area contributed by atoms with Gasteiger partial charge in [0.2, 0.25) is 0 Å². The molecule has 0 aliphatic rings. The van der Waals surface area contributed by atoms with Crippen molar-refractivity contribution in [1.29, 1.82) is 0 Å². The molecule has 0 radical (unpaired) electrons. The van der Waals surface area contributed by atoms with Crippen LogP contribution in [0, 0.1) is 34.6 Å². The molecule has 0 aromatic heterocycles. The van der Waals surface area contributed by atoms with Crippen molar-refractivity contribution in [2.75, 3.05) is 0 Å². The number of hydrogen-bond donors (Lipinski definition) is 0. The van der Waals surface area contributed by atoms with E-state index in [1.165, 1.54) is 33.4 Å². The summed E-state index contributed by atoms with van der Waals surface area (Å²) in [5.74, 6) is 0.977. The third kappa shape index (κ3) is 3.17. The van der Waals surface area contributed by atoms with Gasteiger partial charge in [-0.1, -0.05) is 35.4 Å². The molecular formula is C18H22O. The first-order chi connectivity index (χ1) is 8.97. The van der Waals surface area contributed by atoms with E-state index >= 15 is 0 Å². The van der Waals surface area contributed by atoms with E-state index in [1.807, 2.05) is 0 Å². The van der Waals surface area contributed by atoms with Gasteiger partial charge >= 0.3 is 0 Å². The lowest BCUT2D eigenvalue weighted by Gasteiger charge is -2.14. The van der Waals surface area contributed by atoms with Crippen LogP contribution >= 0.6 is 0 Å². The fourth-order valence-corrected chi connectivity index (χ4v) is 2.55. The highest BCUT2D eigenvalue weighted by molar-refractivity contribution is 5.39. The van der Waals surface area contributed by atoms with Crippen LogP contribution in [0.1, 0.15) is 33.4 Å². The molecule has 0 fully saturated rings. The van der Waals surface area contributed by atoms with E-state index < -0.39 is 0 Å². The van der Waals surface area contributed by atoms with Crippen LogP contribution in [-0.2, 0) is 6.61 Å². The number of hydrogen-bond acceptors (Lipinski definition) is 1. The Hall–Kier alpha value is -1.76. The molecule has 0 N–H and O–H groups in total. The molecule has 19 heavy (non-hydrogen) atoms. The topological polar surface area (TPSA) is 9.23 Å². The maximum Gasteiger partial charge on any atom is 0.122 e. The van der Waals surface area contributed by atoms with Gasteiger partial charge in [0.15, 0.2) is 0 Å². The smallest absolute Gasteiger partial charge is 0.122 e. The fourth-order valence-electron chi connectivity index (χ4n) is 2.55. The quantitative estimate of drug-likeness (QED) is 0.764. The zero-order valence-corrected chi connectivity index (χ0v) is 12.5. The van der Waals surface area contributed by atoms with Crippen LogP contribution in [0.5, 0.6) is 5.75 Å². The molecule has 0 aliphatic carbocycles. The fraction of sp³-hybridized carbons (Fsp3) is 0.333. The molecule has 0 spiro atoms. The molecule has 0 atom stereocenters. The monoisotopic (exact) mass is 254 g/mol. The maximum atomic E-state index is 5.98. The third-order valence-electron chi connectivity index (χ3n) is 3.54. The van der Waals surface area contributed by atoms with Gasteiger partial charge in [0.25, 0.3) is 0 Å². The first-order valence-corrected chi connectivity index (χ1v) is 6.74. The molecule has 0 amide bonds. The lowest BCUT2D eigenvalue weighted by atomic mass is 10.0. The number of ether oxygens (including phenoxy) is 1. The van der Waals surface area contributed by atoms with E-state index in [0.717, 1.165) is 5.75 Å². The molecule has 2 aromatic rings. The molecular weight excluding hydrogens is 232 g/mol. The van der Waals surface area contributed by atoms with Gasteiger partial charge in [-0.05, 0) is 62.9 Å². The van der Waals surface area contributed by atoms with Gasteiger partial charge in [0.1, 0.15) is 12.4 Å². The predicted octanol–water partition coefficient (Wildman–Crippen LogP) is 4.81. The summed E-state index contributed by atoms with van der Waals surface area (Å²) in [5.41, 5.74) is 7.69. The lowest BCUT2D eigenvalue weighted by Crippen LogP contribution is -2.02. The maximum absolute atomic E-state index is 5.98. The Morgan fingerprint density at radius 3 is 1.89 bits per heavy atom. The van der Waals surface area contributed by atoms with Gasteiger partial charge in [0.05, 0.1) is 0 Å². The normalized spacial score (nSPS) is 10.6. The number of benzene rings is 2. The molecule has 0 heterocycles. The van der Waals surface area contributed by atoms with E-state index in [9.17, 15) is 0 Å². The number of rotatable bonds is 3. The van der Waals surface area contributed by atoms with Gasteiger partial charge in [-0.25, -0.2) is 0 Å². The Kier molecular flexibility index (Phi) is 3.94. The highest BCUT2D eigenvalue weighted by Gasteiger charge is 2.06. The summed E-state index contributed by atoms with van der Waals surface area (Å²) in [6, 6.07) is 10.7. The molecule has 1 nitrogen and oxygen atoms in total. The van der Waals surface area contributed by atoms with Crippen molar-refractivity contribution in [3.05, 3.63) is 63.7 Å². The molecule has 100 valence electrons. The van der Waals surface area contributed by atoms with Crippen LogP contribution in [0.25, 0.3) is 0 Å². The molecule has 2 rings (SSSR count). The van der Waals surface area contributed by atoms with E-state index in [0.29, 0.717) is 6.61 Å². The van der Waals surface area contributed by atoms with Gasteiger partial charge in [-0.3, -0.25) is 0 Å². The molecule has 0 aliphatic heterocycles. The van der Waals surface area contributed by atoms with Crippen molar-refractivity contribution in [3.8, 4) is 5.75 Å². The molecule has 0 bridgehead atoms. The average molecular weight is 254 g/mol. The Balaban J connectivity index is 2.19. The van der Waals surface area contributed by atoms with Crippen LogP contribution in [0.3, 0.4) is 0 Å². The summed E-state index contributed by atoms with van der Waals surface area (Å²) in [5, 5.41) is 0. The van der Waals surface area contributed by atoms with Crippen molar-refractivity contribution in [1.82, 2.24) is 0 Å². The Bertz CT molecular complexity index is 574. The third-order valence-corrected chi connectivity index (χ3v) is 3.54. The Morgan fingerprint density at radius 1 is 0.737 bits per heavy atom. The van der Waals surface area contributed by atoms with Crippen molar-refractivity contribution in [2.24, 2.45) is 0 Å². The first kappa shape index (κ1) is 13.7. The van der Waals surface area contributed by atoms with Gasteiger partial charge in [-0.2, -0.15) is 0 Å². The van der Waals surface area contributed by atoms with E-state index in [-0.39, 0.29) is 0 Å². The molecule has 1 heteroatoms. The SMILES string of the molecule is Cc1ccc(OCc2c(C)cc(C)cc2C)c(C)c1. The first-order valence-electron chi connectivity index (χ1n) is 6.74. The van der Waals surface area contributed by atoms with Gasteiger partial charge in [-0.15, -0.1) is 0 Å². The summed E-state index contributed by atoms with van der Waals surface area (Å²) in [6.07, 6.45) is 0. The van der Waals surface area contributed by atoms with E-state index in [2.05, 4.69) is 65.0 Å². The standard InChI is InChI=1S/C18H22O/c1-12-6-7-18(16(5)8-12)19-11-17-14(3)9-13(2)10-15(17)4/h6-10H,11H2,1-5H3. The Labute approximate surface area is 116 Å². The molecule has 0 saturated carbocycles. The summed E-state index contributed by atoms with van der Waals surface area (Å²) >= 11 is 0. The average Bonchev–Trinajstić information content (AvgIpc) is 2.30. The second-order valence-corrected chi connectivity index (χ2v) is 5.43. The van der Waals surface area contributed by atoms with Crippen LogP contribution in [0.4, 0.5) is 0 Å². The molecule has 2 aromatic carbocycles. The summed E-state index contributed by atoms with van der Waals surface area (Å²) in [6.45, 7) is 11.3. The van der Waals surface area contributed by atoms with Crippen molar-refractivity contribution in [2.45, 2.75) is 41.2 Å². The summed E-state index contributed by atoms with van der Waals surface area (Å²) < 4.78 is 5.98. The largest absolute Gasteiger partial charge is 0.489 e. The van der Waals surface area contributed by atoms with E-state index in [4.69, 9.17) is 4.74 Å². The second kappa shape index (κ2) is 5.48. The van der Waals surface area contributed by atoms with Gasteiger partial charge < -0.3 is 4.74 Å². The highest BCUT2D eigenvalue weighted by Crippen LogP contribution is 2.22. The predicted molar refractivity (Wildman–Crippen MR) is 80.9 cm³/mol. The minimum Gasteiger partial charge on any atom is -0.489 e. The van der Waals surface area contributed by atoms with Crippen LogP contribution in [0.15, 0.2) is 30.3 Å². The number of aryl methyl sites for hydroxylation is 5. The summed E-state index contributed by atoms with van der Waals surface area (Å²) in [4.78, 5) is 0. The van der Waals surface area contributed by atoms with E-state index in [1.54, 1.807) is 0 Å². The van der Waals surface area contributed by atoms with Crippen molar-refractivity contribution >= 4 is 0 Å². The zero-order chi connectivity index (χ0) is 14.0. The minimum atomic E-state index is 0.641. The summed E-state index contributed by atoms with van der Waals surface area (Å²) in [7, 11) is 0. The van der Waals surface area contributed by atoms with Crippen molar-refractivity contribution in [3.63, 3.8) is 0 Å². The Morgan fingerprint density at radius 2 is 1.32 bits per heavy atom. The van der Waals surface area contributed by atoms with Crippen LogP contribution in [0.2, 0.25) is 0 Å². The van der Waals surface area contributed by atoms with Gasteiger partial charge in [0, 0.05) is 0 Å². The molecule has 0 saturated heterocycles. The second-order valence-electron chi connectivity index (χ2n) is 5.43. The van der Waals surface area contributed by atoms with Crippen molar-refractivity contribution < 1.29 is 4.74 Å².